The number of hydrogen-bond donors (Lipinski definition) is 7. The van der Waals surface area contributed by atoms with Crippen LogP contribution in [0.25, 0.3) is 0 Å². The first-order valence-corrected chi connectivity index (χ1v) is 33.5. The van der Waals surface area contributed by atoms with Gasteiger partial charge in [0.2, 0.25) is 18.1 Å². The standard InChI is InChI=1S/C24H30N2O5.C19H22N2O3.C13H13N.C11H19NO6.C5H11NO.C2HF3O.CH2Cl2/c1-24(2,3)31-23(29)26-20(22(28)30-4)14-15-21(27)25-19-12-10-18(11-13-19)16-17-8-6-5-7-9-17;1-24-19(23)17(20)11-12-18(22)21-16-9-7-15(8-10-16)13-14-5-3-2-4-6-14;14-13-8-6-12(7-9-13)10-11-4-2-1-3-5-11;1-11(2,3)18-10(16)12-7(9(15)17-4)5-6-8(13)14;1-6-2-4-7-5-3-6;3-2(4,5)1-6;2-1-3/h5-13,20H,14-16H2,1-4H3,(H,25,27)(H,26,29);2-10,17H,11-13,20H2,1H3,(H,21,22);1-9H,10,14H2;7H,5-6H2,1-4H3,(H,12,16)(H,13,14);2-5H2,1H3;1H;1H2. The molecule has 23 nitrogen and oxygen atoms in total. The van der Waals surface area contributed by atoms with Gasteiger partial charge >= 0.3 is 42.2 Å². The summed E-state index contributed by atoms with van der Waals surface area (Å²) in [5, 5.41) is 19.1. The van der Waals surface area contributed by atoms with Crippen molar-refractivity contribution in [3.63, 3.8) is 0 Å². The molecule has 7 rings (SSSR count). The number of benzene rings is 6. The van der Waals surface area contributed by atoms with E-state index in [1.165, 1.54) is 42.0 Å². The largest absolute Gasteiger partial charge is 0.481 e. The number of morpholine rings is 1. The van der Waals surface area contributed by atoms with Crippen molar-refractivity contribution in [1.82, 2.24) is 15.5 Å². The number of carboxylic acids is 1. The van der Waals surface area contributed by atoms with Gasteiger partial charge in [0.15, 0.2) is 0 Å². The summed E-state index contributed by atoms with van der Waals surface area (Å²) in [6.07, 6.45) is -4.36. The number of ether oxygens (including phenoxy) is 6. The Kier molecular flexibility index (Phi) is 45.0. The molecule has 4 amide bonds. The number of carbonyl (C=O) groups excluding carboxylic acids is 8. The van der Waals surface area contributed by atoms with Gasteiger partial charge in [-0.3, -0.25) is 24.0 Å². The maximum atomic E-state index is 12.3. The van der Waals surface area contributed by atoms with Gasteiger partial charge in [0, 0.05) is 49.4 Å². The second-order valence-corrected chi connectivity index (χ2v) is 25.3. The third-order valence-corrected chi connectivity index (χ3v) is 13.4. The van der Waals surface area contributed by atoms with Crippen LogP contribution in [0.1, 0.15) is 113 Å². The lowest BCUT2D eigenvalue weighted by molar-refractivity contribution is -0.156. The van der Waals surface area contributed by atoms with Crippen molar-refractivity contribution >= 4 is 94.4 Å². The van der Waals surface area contributed by atoms with Gasteiger partial charge in [0.1, 0.15) is 29.3 Å². The minimum atomic E-state index is -4.64. The molecular formula is C75H98Cl2F3N7O16. The van der Waals surface area contributed by atoms with Gasteiger partial charge in [-0.05, 0) is 157 Å². The minimum absolute atomic E-state index is 0.0291. The maximum Gasteiger partial charge on any atom is 0.446 e. The number of carboxylic acid groups (broad SMARTS) is 1. The average Bonchev–Trinajstić information content (AvgIpc) is 0.903. The fourth-order valence-electron chi connectivity index (χ4n) is 8.42. The van der Waals surface area contributed by atoms with Crippen LogP contribution < -0.4 is 32.7 Å². The van der Waals surface area contributed by atoms with Crippen molar-refractivity contribution in [2.75, 3.05) is 76.4 Å². The molecule has 1 saturated heterocycles. The van der Waals surface area contributed by atoms with Crippen LogP contribution in [0, 0.1) is 0 Å². The number of nitrogens with two attached hydrogens (primary N) is 2. The summed E-state index contributed by atoms with van der Waals surface area (Å²) >= 11 is 9.53. The number of nitrogen functional groups attached to an aromatic ring is 1. The average molecular weight is 1480 g/mol. The summed E-state index contributed by atoms with van der Waals surface area (Å²) in [5.41, 5.74) is 19.4. The second kappa shape index (κ2) is 50.7. The zero-order valence-corrected chi connectivity index (χ0v) is 61.4. The van der Waals surface area contributed by atoms with Gasteiger partial charge in [-0.1, -0.05) is 127 Å². The topological polar surface area (TPSA) is 333 Å². The van der Waals surface area contributed by atoms with E-state index in [0.29, 0.717) is 5.69 Å². The Morgan fingerprint density at radius 3 is 1.11 bits per heavy atom. The van der Waals surface area contributed by atoms with Gasteiger partial charge in [-0.15, -0.1) is 23.2 Å². The lowest BCUT2D eigenvalue weighted by Gasteiger charge is -2.22. The summed E-state index contributed by atoms with van der Waals surface area (Å²) in [6.45, 7) is 14.2. The minimum Gasteiger partial charge on any atom is -0.481 e. The summed E-state index contributed by atoms with van der Waals surface area (Å²) in [5.74, 6) is -3.35. The molecule has 9 N–H and O–H groups in total. The van der Waals surface area contributed by atoms with Gasteiger partial charge in [0.25, 0.3) is 0 Å². The number of anilines is 3. The third kappa shape index (κ3) is 47.3. The summed E-state index contributed by atoms with van der Waals surface area (Å²) in [7, 11) is 5.78. The highest BCUT2D eigenvalue weighted by Crippen LogP contribution is 2.18. The lowest BCUT2D eigenvalue weighted by Crippen LogP contribution is -2.44. The molecule has 1 aliphatic heterocycles. The number of hydrogen-bond acceptors (Lipinski definition) is 18. The predicted molar refractivity (Wildman–Crippen MR) is 391 cm³/mol. The maximum absolute atomic E-state index is 12.3. The van der Waals surface area contributed by atoms with Crippen molar-refractivity contribution in [2.45, 2.75) is 135 Å². The second-order valence-electron chi connectivity index (χ2n) is 24.5. The van der Waals surface area contributed by atoms with E-state index in [1.807, 2.05) is 103 Å². The smallest absolute Gasteiger partial charge is 0.446 e. The number of esters is 3. The fraction of sp³-hybridized carbons (Fsp3) is 0.400. The third-order valence-electron chi connectivity index (χ3n) is 13.4. The van der Waals surface area contributed by atoms with Crippen molar-refractivity contribution in [2.24, 2.45) is 5.73 Å². The zero-order chi connectivity index (χ0) is 77.4. The molecule has 0 aliphatic carbocycles. The number of rotatable bonds is 22. The van der Waals surface area contributed by atoms with E-state index in [1.54, 1.807) is 41.5 Å². The molecule has 0 radical (unpaired) electrons. The Bertz CT molecular complexity index is 3420. The van der Waals surface area contributed by atoms with E-state index in [-0.39, 0.29) is 55.7 Å². The van der Waals surface area contributed by atoms with Crippen LogP contribution in [0.15, 0.2) is 164 Å². The molecule has 3 atom stereocenters. The highest BCUT2D eigenvalue weighted by Gasteiger charge is 2.28. The van der Waals surface area contributed by atoms with E-state index >= 15 is 0 Å². The highest BCUT2D eigenvalue weighted by atomic mass is 35.5. The molecule has 1 aliphatic rings. The van der Waals surface area contributed by atoms with E-state index in [9.17, 15) is 51.5 Å². The molecule has 6 aromatic carbocycles. The van der Waals surface area contributed by atoms with Crippen LogP contribution in [-0.2, 0) is 81.2 Å². The molecule has 3 unspecified atom stereocenters. The molecule has 28 heteroatoms. The van der Waals surface area contributed by atoms with E-state index < -0.39 is 77.9 Å². The van der Waals surface area contributed by atoms with Crippen LogP contribution in [0.3, 0.4) is 0 Å². The number of nitrogens with one attached hydrogen (secondary N) is 4. The number of alkyl carbamates (subject to hydrolysis) is 2. The summed E-state index contributed by atoms with van der Waals surface area (Å²) in [4.78, 5) is 103. The number of likely N-dealkylation sites (N-methyl/N-ethyl adjacent to an activating group) is 1. The number of alkyl halides is 5. The van der Waals surface area contributed by atoms with Crippen LogP contribution in [-0.4, -0.2) is 160 Å². The van der Waals surface area contributed by atoms with Crippen molar-refractivity contribution < 1.29 is 89.8 Å². The van der Waals surface area contributed by atoms with Crippen molar-refractivity contribution in [3.05, 3.63) is 197 Å². The van der Waals surface area contributed by atoms with Crippen molar-refractivity contribution in [1.29, 1.82) is 0 Å². The first-order chi connectivity index (χ1) is 48.6. The van der Waals surface area contributed by atoms with E-state index in [2.05, 4.69) is 103 Å². The SMILES string of the molecule is CN1CCOCC1.COC(=O)C(CCC(=O)Nc1ccc(Cc2ccccc2)cc1)NC(=O)OC(C)(C)C.COC(=O)C(CCC(=O)O)NC(=O)OC(C)(C)C.COC(=O)C(N)CCC(=O)Nc1ccc(Cc2ccccc2)cc1.ClCCl.Nc1ccc(Cc2ccccc2)cc1.O=CC(F)(F)F. The number of aliphatic carboxylic acids is 1. The van der Waals surface area contributed by atoms with Crippen molar-refractivity contribution in [3.8, 4) is 0 Å². The molecule has 1 fully saturated rings. The van der Waals surface area contributed by atoms with E-state index in [0.717, 1.165) is 69.6 Å². The highest BCUT2D eigenvalue weighted by molar-refractivity contribution is 6.40. The fourth-order valence-corrected chi connectivity index (χ4v) is 8.42. The molecule has 103 heavy (non-hydrogen) atoms. The Morgan fingerprint density at radius 2 is 0.825 bits per heavy atom. The normalized spacial score (nSPS) is 12.3. The van der Waals surface area contributed by atoms with Gasteiger partial charge in [-0.25, -0.2) is 19.2 Å². The van der Waals surface area contributed by atoms with Gasteiger partial charge in [0.05, 0.1) is 39.9 Å². The Hall–Kier alpha value is -9.60. The number of amides is 4. The molecule has 0 aromatic heterocycles. The number of methoxy groups -OCH3 is 3. The predicted octanol–water partition coefficient (Wildman–Crippen LogP) is 12.5. The molecule has 0 spiro atoms. The number of carbonyl (C=O) groups is 9. The molecule has 1 heterocycles. The van der Waals surface area contributed by atoms with Crippen LogP contribution >= 0.6 is 23.2 Å². The molecule has 0 bridgehead atoms. The van der Waals surface area contributed by atoms with Crippen LogP contribution in [0.2, 0.25) is 0 Å². The number of nitrogens with zero attached hydrogens (tertiary/aromatic N) is 1. The number of halogens is 5. The Morgan fingerprint density at radius 1 is 0.524 bits per heavy atom. The van der Waals surface area contributed by atoms with Crippen LogP contribution in [0.4, 0.5) is 39.8 Å². The summed E-state index contributed by atoms with van der Waals surface area (Å²) in [6, 6.07) is 51.3. The Balaban J connectivity index is 0.000000656. The number of aldehydes is 1. The summed E-state index contributed by atoms with van der Waals surface area (Å²) < 4.78 is 60.2. The van der Waals surface area contributed by atoms with Gasteiger partial charge in [-0.2, -0.15) is 13.2 Å². The monoisotopic (exact) mass is 1480 g/mol. The van der Waals surface area contributed by atoms with Gasteiger partial charge < -0.3 is 71.2 Å². The molecule has 6 aromatic rings. The van der Waals surface area contributed by atoms with E-state index in [4.69, 9.17) is 63.5 Å². The zero-order valence-electron chi connectivity index (χ0n) is 59.9. The Labute approximate surface area is 611 Å². The quantitative estimate of drug-likeness (QED) is 0.0109. The lowest BCUT2D eigenvalue weighted by atomic mass is 10.0. The molecule has 564 valence electrons. The molecule has 0 saturated carbocycles. The first kappa shape index (κ1) is 91.4. The first-order valence-electron chi connectivity index (χ1n) is 32.5. The molecular weight excluding hydrogens is 1380 g/mol. The van der Waals surface area contributed by atoms with Crippen LogP contribution in [0.5, 0.6) is 0 Å².